The van der Waals surface area contributed by atoms with Gasteiger partial charge in [-0.25, -0.2) is 8.42 Å². The summed E-state index contributed by atoms with van der Waals surface area (Å²) < 4.78 is 29.1. The van der Waals surface area contributed by atoms with E-state index in [1.165, 1.54) is 17.0 Å². The molecule has 1 N–H and O–H groups in total. The highest BCUT2D eigenvalue weighted by Gasteiger charge is 2.35. The molecular formula is C31H34Cl3N3O4S. The second-order valence-corrected chi connectivity index (χ2v) is 13.4. The van der Waals surface area contributed by atoms with Gasteiger partial charge in [-0.15, -0.1) is 0 Å². The Kier molecular flexibility index (Phi) is 10.8. The van der Waals surface area contributed by atoms with Gasteiger partial charge in [0.15, 0.2) is 0 Å². The van der Waals surface area contributed by atoms with E-state index in [9.17, 15) is 18.0 Å². The van der Waals surface area contributed by atoms with Gasteiger partial charge >= 0.3 is 0 Å². The van der Waals surface area contributed by atoms with Crippen molar-refractivity contribution in [3.8, 4) is 0 Å². The largest absolute Gasteiger partial charge is 0.352 e. The molecule has 42 heavy (non-hydrogen) atoms. The van der Waals surface area contributed by atoms with Crippen molar-refractivity contribution in [2.45, 2.75) is 69.5 Å². The van der Waals surface area contributed by atoms with E-state index in [4.69, 9.17) is 34.8 Å². The molecule has 0 spiro atoms. The molecule has 1 saturated carbocycles. The summed E-state index contributed by atoms with van der Waals surface area (Å²) in [4.78, 5) is 29.3. The second-order valence-electron chi connectivity index (χ2n) is 10.3. The molecule has 11 heteroatoms. The van der Waals surface area contributed by atoms with Crippen LogP contribution >= 0.6 is 34.8 Å². The van der Waals surface area contributed by atoms with E-state index in [-0.39, 0.29) is 29.1 Å². The Morgan fingerprint density at radius 2 is 1.50 bits per heavy atom. The zero-order valence-electron chi connectivity index (χ0n) is 23.5. The first-order chi connectivity index (χ1) is 20.0. The summed E-state index contributed by atoms with van der Waals surface area (Å²) in [7, 11) is -4.21. The van der Waals surface area contributed by atoms with Crippen LogP contribution in [0.1, 0.15) is 50.2 Å². The number of amides is 2. The van der Waals surface area contributed by atoms with Crippen molar-refractivity contribution in [1.29, 1.82) is 0 Å². The van der Waals surface area contributed by atoms with E-state index >= 15 is 0 Å². The van der Waals surface area contributed by atoms with Crippen LogP contribution in [-0.2, 0) is 26.2 Å². The number of hydrogen-bond donors (Lipinski definition) is 1. The molecule has 1 atom stereocenters. The number of sulfonamides is 1. The monoisotopic (exact) mass is 649 g/mol. The van der Waals surface area contributed by atoms with Gasteiger partial charge in [-0.2, -0.15) is 0 Å². The first kappa shape index (κ1) is 32.1. The fourth-order valence-electron chi connectivity index (χ4n) is 5.24. The summed E-state index contributed by atoms with van der Waals surface area (Å²) in [6, 6.07) is 16.9. The Morgan fingerprint density at radius 3 is 2.12 bits per heavy atom. The van der Waals surface area contributed by atoms with Crippen LogP contribution in [0.4, 0.5) is 5.69 Å². The average Bonchev–Trinajstić information content (AvgIpc) is 3.48. The van der Waals surface area contributed by atoms with Crippen molar-refractivity contribution in [1.82, 2.24) is 10.2 Å². The van der Waals surface area contributed by atoms with Gasteiger partial charge in [-0.3, -0.25) is 13.9 Å². The molecule has 0 aromatic heterocycles. The average molecular weight is 651 g/mol. The Hall–Kier alpha value is -2.78. The molecule has 2 amide bonds. The number of anilines is 1. The van der Waals surface area contributed by atoms with E-state index in [0.29, 0.717) is 32.6 Å². The van der Waals surface area contributed by atoms with Crippen molar-refractivity contribution in [3.05, 3.63) is 92.9 Å². The third kappa shape index (κ3) is 7.22. The SMILES string of the molecule is CC[C@@H](C(=O)NC1CCCC1)N(Cc1c(Cl)cccc1Cl)C(=O)CN(c1cccc(Cl)c1C)S(=O)(=O)c1ccccc1. The highest BCUT2D eigenvalue weighted by Crippen LogP contribution is 2.32. The maximum absolute atomic E-state index is 14.3. The Balaban J connectivity index is 1.77. The van der Waals surface area contributed by atoms with Crippen LogP contribution in [0.5, 0.6) is 0 Å². The molecule has 0 radical (unpaired) electrons. The lowest BCUT2D eigenvalue weighted by atomic mass is 10.1. The van der Waals surface area contributed by atoms with Crippen LogP contribution in [0.15, 0.2) is 71.6 Å². The van der Waals surface area contributed by atoms with Crippen LogP contribution in [0, 0.1) is 6.92 Å². The minimum atomic E-state index is -4.21. The predicted molar refractivity (Wildman–Crippen MR) is 169 cm³/mol. The zero-order chi connectivity index (χ0) is 30.4. The molecule has 0 heterocycles. The number of halogens is 3. The van der Waals surface area contributed by atoms with Gasteiger partial charge < -0.3 is 10.2 Å². The van der Waals surface area contributed by atoms with Crippen molar-refractivity contribution >= 4 is 62.3 Å². The molecule has 1 aliphatic rings. The summed E-state index contributed by atoms with van der Waals surface area (Å²) in [6.45, 7) is 2.85. The highest BCUT2D eigenvalue weighted by atomic mass is 35.5. The first-order valence-corrected chi connectivity index (χ1v) is 16.5. The molecule has 224 valence electrons. The van der Waals surface area contributed by atoms with Gasteiger partial charge in [0.05, 0.1) is 10.6 Å². The molecule has 3 aromatic carbocycles. The molecule has 4 rings (SSSR count). The standard InChI is InChI=1S/C31H34Cl3N3O4S/c1-3-28(31(39)35-22-11-7-8-12-22)36(19-24-26(33)16-9-17-27(24)34)30(38)20-37(29-18-10-15-25(32)21(29)2)42(40,41)23-13-5-4-6-14-23/h4-6,9-10,13-18,22,28H,3,7-8,11-12,19-20H2,1-2H3,(H,35,39)/t28-/m0/s1. The molecule has 0 unspecified atom stereocenters. The Bertz CT molecular complexity index is 1510. The summed E-state index contributed by atoms with van der Waals surface area (Å²) in [5.41, 5.74) is 1.23. The minimum absolute atomic E-state index is 0.0175. The third-order valence-electron chi connectivity index (χ3n) is 7.60. The number of hydrogen-bond acceptors (Lipinski definition) is 4. The summed E-state index contributed by atoms with van der Waals surface area (Å²) in [6.07, 6.45) is 4.12. The smallest absolute Gasteiger partial charge is 0.264 e. The topological polar surface area (TPSA) is 86.8 Å². The molecule has 0 saturated heterocycles. The van der Waals surface area contributed by atoms with Crippen LogP contribution in [0.2, 0.25) is 15.1 Å². The van der Waals surface area contributed by atoms with Crippen LogP contribution < -0.4 is 9.62 Å². The van der Waals surface area contributed by atoms with Gasteiger partial charge in [0.25, 0.3) is 10.0 Å². The molecule has 0 bridgehead atoms. The van der Waals surface area contributed by atoms with Gasteiger partial charge in [0.1, 0.15) is 12.6 Å². The summed E-state index contributed by atoms with van der Waals surface area (Å²) in [5, 5.41) is 4.12. The Morgan fingerprint density at radius 1 is 0.905 bits per heavy atom. The normalized spacial score (nSPS) is 14.4. The molecule has 1 aliphatic carbocycles. The third-order valence-corrected chi connectivity index (χ3v) is 10.5. The van der Waals surface area contributed by atoms with Crippen LogP contribution in [0.3, 0.4) is 0 Å². The number of rotatable bonds is 11. The predicted octanol–water partition coefficient (Wildman–Crippen LogP) is 7.02. The van der Waals surface area contributed by atoms with Gasteiger partial charge in [-0.1, -0.05) is 84.9 Å². The first-order valence-electron chi connectivity index (χ1n) is 13.9. The quantitative estimate of drug-likeness (QED) is 0.242. The molecule has 3 aromatic rings. The Labute approximate surface area is 262 Å². The van der Waals surface area contributed by atoms with E-state index in [2.05, 4.69) is 5.32 Å². The lowest BCUT2D eigenvalue weighted by molar-refractivity contribution is -0.140. The number of benzene rings is 3. The van der Waals surface area contributed by atoms with Crippen molar-refractivity contribution in [2.75, 3.05) is 10.8 Å². The molecule has 1 fully saturated rings. The molecule has 7 nitrogen and oxygen atoms in total. The van der Waals surface area contributed by atoms with E-state index in [1.807, 2.05) is 6.92 Å². The minimum Gasteiger partial charge on any atom is -0.352 e. The maximum Gasteiger partial charge on any atom is 0.264 e. The lowest BCUT2D eigenvalue weighted by Crippen LogP contribution is -2.53. The van der Waals surface area contributed by atoms with Gasteiger partial charge in [0.2, 0.25) is 11.8 Å². The number of carbonyl (C=O) groups excluding carboxylic acids is 2. The van der Waals surface area contributed by atoms with E-state index in [1.54, 1.807) is 61.5 Å². The van der Waals surface area contributed by atoms with Crippen molar-refractivity contribution < 1.29 is 18.0 Å². The second kappa shape index (κ2) is 14.1. The van der Waals surface area contributed by atoms with Crippen molar-refractivity contribution in [2.24, 2.45) is 0 Å². The highest BCUT2D eigenvalue weighted by molar-refractivity contribution is 7.92. The van der Waals surface area contributed by atoms with Crippen molar-refractivity contribution in [3.63, 3.8) is 0 Å². The van der Waals surface area contributed by atoms with Gasteiger partial charge in [0, 0.05) is 33.2 Å². The maximum atomic E-state index is 14.3. The number of carbonyl (C=O) groups is 2. The van der Waals surface area contributed by atoms with E-state index < -0.39 is 28.5 Å². The van der Waals surface area contributed by atoms with Crippen LogP contribution in [0.25, 0.3) is 0 Å². The number of nitrogens with zero attached hydrogens (tertiary/aromatic N) is 2. The van der Waals surface area contributed by atoms with Crippen LogP contribution in [-0.4, -0.2) is 43.8 Å². The zero-order valence-corrected chi connectivity index (χ0v) is 26.6. The van der Waals surface area contributed by atoms with Gasteiger partial charge in [-0.05, 0) is 68.1 Å². The number of nitrogens with one attached hydrogen (secondary N) is 1. The fraction of sp³-hybridized carbons (Fsp3) is 0.355. The molecular weight excluding hydrogens is 617 g/mol. The van der Waals surface area contributed by atoms with E-state index in [0.717, 1.165) is 30.0 Å². The lowest BCUT2D eigenvalue weighted by Gasteiger charge is -2.34. The fourth-order valence-corrected chi connectivity index (χ4v) is 7.42. The summed E-state index contributed by atoms with van der Waals surface area (Å²) in [5.74, 6) is -0.879. The summed E-state index contributed by atoms with van der Waals surface area (Å²) >= 11 is 19.4. The molecule has 0 aliphatic heterocycles.